The number of ether oxygens (including phenoxy) is 1. The monoisotopic (exact) mass is 364 g/mol. The first kappa shape index (κ1) is 18.1. The Bertz CT molecular complexity index is 974. The van der Waals surface area contributed by atoms with Crippen LogP contribution in [-0.2, 0) is 11.3 Å². The van der Waals surface area contributed by atoms with E-state index in [0.717, 1.165) is 11.1 Å². The molecule has 7 nitrogen and oxygen atoms in total. The number of carbonyl (C=O) groups is 1. The van der Waals surface area contributed by atoms with Crippen molar-refractivity contribution in [3.05, 3.63) is 83.2 Å². The van der Waals surface area contributed by atoms with Gasteiger partial charge >= 0.3 is 0 Å². The highest BCUT2D eigenvalue weighted by atomic mass is 16.6. The summed E-state index contributed by atoms with van der Waals surface area (Å²) in [5, 5.41) is 13.8. The molecule has 0 radical (unpaired) electrons. The SMILES string of the molecule is COc1ccc(NC(=O)C[n+]2cccc(-c3ccccc3)c2)c([N+](=O)[O-])c1. The molecular formula is C20H18N3O4+. The van der Waals surface area contributed by atoms with Crippen molar-refractivity contribution < 1.29 is 19.0 Å². The number of pyridine rings is 1. The molecule has 136 valence electrons. The Hall–Kier alpha value is -3.74. The minimum Gasteiger partial charge on any atom is -0.496 e. The lowest BCUT2D eigenvalue weighted by Crippen LogP contribution is -2.39. The number of hydrogen-bond acceptors (Lipinski definition) is 4. The van der Waals surface area contributed by atoms with Crippen molar-refractivity contribution in [2.75, 3.05) is 12.4 Å². The normalized spacial score (nSPS) is 10.3. The molecule has 1 amide bonds. The third-order valence-electron chi connectivity index (χ3n) is 3.97. The van der Waals surface area contributed by atoms with Crippen LogP contribution in [0.3, 0.4) is 0 Å². The maximum Gasteiger partial charge on any atom is 0.296 e. The van der Waals surface area contributed by atoms with Crippen LogP contribution in [0.4, 0.5) is 11.4 Å². The second-order valence-corrected chi connectivity index (χ2v) is 5.82. The van der Waals surface area contributed by atoms with Gasteiger partial charge in [0.1, 0.15) is 11.4 Å². The van der Waals surface area contributed by atoms with Crippen molar-refractivity contribution in [3.8, 4) is 16.9 Å². The number of rotatable bonds is 6. The molecule has 0 aliphatic heterocycles. The average Bonchev–Trinajstić information content (AvgIpc) is 2.69. The Balaban J connectivity index is 1.76. The van der Waals surface area contributed by atoms with E-state index in [2.05, 4.69) is 5.32 Å². The summed E-state index contributed by atoms with van der Waals surface area (Å²) < 4.78 is 6.72. The van der Waals surface area contributed by atoms with Gasteiger partial charge in [0.15, 0.2) is 12.4 Å². The summed E-state index contributed by atoms with van der Waals surface area (Å²) in [6.45, 7) is 0.0316. The lowest BCUT2D eigenvalue weighted by Gasteiger charge is -2.06. The number of nitrogens with one attached hydrogen (secondary N) is 1. The van der Waals surface area contributed by atoms with Crippen LogP contribution in [0.15, 0.2) is 73.1 Å². The minimum absolute atomic E-state index is 0.0316. The zero-order valence-electron chi connectivity index (χ0n) is 14.7. The van der Waals surface area contributed by atoms with Crippen LogP contribution < -0.4 is 14.6 Å². The summed E-state index contributed by atoms with van der Waals surface area (Å²) in [6.07, 6.45) is 3.63. The number of nitrogens with zero attached hydrogens (tertiary/aromatic N) is 2. The predicted molar refractivity (Wildman–Crippen MR) is 100 cm³/mol. The topological polar surface area (TPSA) is 85.3 Å². The second-order valence-electron chi connectivity index (χ2n) is 5.82. The summed E-state index contributed by atoms with van der Waals surface area (Å²) >= 11 is 0. The summed E-state index contributed by atoms with van der Waals surface area (Å²) in [7, 11) is 1.42. The molecule has 27 heavy (non-hydrogen) atoms. The van der Waals surface area contributed by atoms with E-state index < -0.39 is 4.92 Å². The molecule has 3 rings (SSSR count). The molecule has 0 bridgehead atoms. The highest BCUT2D eigenvalue weighted by molar-refractivity contribution is 5.92. The number of anilines is 1. The van der Waals surface area contributed by atoms with E-state index in [0.29, 0.717) is 5.75 Å². The molecule has 1 aromatic heterocycles. The van der Waals surface area contributed by atoms with Gasteiger partial charge in [0.2, 0.25) is 6.54 Å². The third-order valence-corrected chi connectivity index (χ3v) is 3.97. The van der Waals surface area contributed by atoms with Crippen LogP contribution in [0.5, 0.6) is 5.75 Å². The van der Waals surface area contributed by atoms with E-state index in [4.69, 9.17) is 4.74 Å². The van der Waals surface area contributed by atoms with E-state index in [-0.39, 0.29) is 23.8 Å². The highest BCUT2D eigenvalue weighted by Crippen LogP contribution is 2.28. The van der Waals surface area contributed by atoms with Crippen LogP contribution in [0.25, 0.3) is 11.1 Å². The van der Waals surface area contributed by atoms with Crippen molar-refractivity contribution in [3.63, 3.8) is 0 Å². The molecule has 1 heterocycles. The van der Waals surface area contributed by atoms with E-state index in [1.54, 1.807) is 16.8 Å². The fourth-order valence-corrected chi connectivity index (χ4v) is 2.67. The highest BCUT2D eigenvalue weighted by Gasteiger charge is 2.19. The summed E-state index contributed by atoms with van der Waals surface area (Å²) in [6, 6.07) is 17.9. The molecule has 0 atom stereocenters. The number of nitro groups is 1. The minimum atomic E-state index is -0.554. The number of hydrogen-bond donors (Lipinski definition) is 1. The van der Waals surface area contributed by atoms with Crippen molar-refractivity contribution in [2.24, 2.45) is 0 Å². The Morgan fingerprint density at radius 1 is 1.11 bits per heavy atom. The van der Waals surface area contributed by atoms with E-state index >= 15 is 0 Å². The Kier molecular flexibility index (Phi) is 5.41. The maximum atomic E-state index is 12.4. The summed E-state index contributed by atoms with van der Waals surface area (Å²) in [5.74, 6) is -0.0110. The Labute approximate surface area is 156 Å². The van der Waals surface area contributed by atoms with Gasteiger partial charge in [0, 0.05) is 11.6 Å². The number of methoxy groups -OCH3 is 1. The van der Waals surface area contributed by atoms with Crippen LogP contribution in [0.2, 0.25) is 0 Å². The molecule has 0 aliphatic carbocycles. The van der Waals surface area contributed by atoms with Gasteiger partial charge in [-0.3, -0.25) is 14.9 Å². The molecule has 0 saturated heterocycles. The van der Waals surface area contributed by atoms with Gasteiger partial charge in [-0.25, -0.2) is 0 Å². The standard InChI is InChI=1S/C20H17N3O4/c1-27-17-9-10-18(19(12-17)23(25)26)21-20(24)14-22-11-5-8-16(13-22)15-6-3-2-4-7-15/h2-13H,14H2,1H3/p+1. The molecule has 3 aromatic rings. The van der Waals surface area contributed by atoms with Gasteiger partial charge in [0.05, 0.1) is 18.1 Å². The lowest BCUT2D eigenvalue weighted by molar-refractivity contribution is -0.683. The zero-order chi connectivity index (χ0) is 19.2. The third kappa shape index (κ3) is 4.46. The second kappa shape index (κ2) is 8.09. The first-order valence-corrected chi connectivity index (χ1v) is 8.23. The fourth-order valence-electron chi connectivity index (χ4n) is 2.67. The maximum absolute atomic E-state index is 12.4. The van der Waals surface area contributed by atoms with Gasteiger partial charge in [-0.15, -0.1) is 0 Å². The molecule has 0 spiro atoms. The summed E-state index contributed by atoms with van der Waals surface area (Å²) in [4.78, 5) is 23.0. The lowest BCUT2D eigenvalue weighted by atomic mass is 10.1. The van der Waals surface area contributed by atoms with Gasteiger partial charge in [-0.05, 0) is 23.8 Å². The quantitative estimate of drug-likeness (QED) is 0.413. The first-order valence-electron chi connectivity index (χ1n) is 8.23. The van der Waals surface area contributed by atoms with Crippen molar-refractivity contribution in [1.29, 1.82) is 0 Å². The van der Waals surface area contributed by atoms with E-state index in [1.807, 2.05) is 48.7 Å². The number of amides is 1. The zero-order valence-corrected chi connectivity index (χ0v) is 14.7. The Morgan fingerprint density at radius 2 is 1.85 bits per heavy atom. The molecule has 0 aliphatic rings. The van der Waals surface area contributed by atoms with Crippen LogP contribution in [0.1, 0.15) is 0 Å². The van der Waals surface area contributed by atoms with Crippen molar-refractivity contribution in [1.82, 2.24) is 0 Å². The van der Waals surface area contributed by atoms with Gasteiger partial charge in [-0.2, -0.15) is 4.57 Å². The molecule has 1 N–H and O–H groups in total. The molecule has 0 fully saturated rings. The number of aromatic nitrogens is 1. The Morgan fingerprint density at radius 3 is 2.56 bits per heavy atom. The first-order chi connectivity index (χ1) is 13.1. The van der Waals surface area contributed by atoms with Gasteiger partial charge in [-0.1, -0.05) is 30.3 Å². The number of carbonyl (C=O) groups excluding carboxylic acids is 1. The average molecular weight is 364 g/mol. The number of nitro benzene ring substituents is 1. The fraction of sp³-hybridized carbons (Fsp3) is 0.100. The van der Waals surface area contributed by atoms with Crippen LogP contribution in [-0.4, -0.2) is 17.9 Å². The molecule has 2 aromatic carbocycles. The number of benzene rings is 2. The predicted octanol–water partition coefficient (Wildman–Crippen LogP) is 3.20. The van der Waals surface area contributed by atoms with Gasteiger partial charge < -0.3 is 10.1 Å². The van der Waals surface area contributed by atoms with E-state index in [9.17, 15) is 14.9 Å². The molecular weight excluding hydrogens is 346 g/mol. The van der Waals surface area contributed by atoms with Crippen molar-refractivity contribution >= 4 is 17.3 Å². The van der Waals surface area contributed by atoms with Gasteiger partial charge in [0.25, 0.3) is 11.6 Å². The largest absolute Gasteiger partial charge is 0.496 e. The van der Waals surface area contributed by atoms with Crippen molar-refractivity contribution in [2.45, 2.75) is 6.54 Å². The smallest absolute Gasteiger partial charge is 0.296 e. The molecule has 0 saturated carbocycles. The van der Waals surface area contributed by atoms with Crippen LogP contribution in [0, 0.1) is 10.1 Å². The van der Waals surface area contributed by atoms with E-state index in [1.165, 1.54) is 19.2 Å². The van der Waals surface area contributed by atoms with Crippen LogP contribution >= 0.6 is 0 Å². The molecule has 0 unspecified atom stereocenters. The summed E-state index contributed by atoms with van der Waals surface area (Å²) in [5.41, 5.74) is 1.93. The molecule has 7 heteroatoms.